The first-order valence-corrected chi connectivity index (χ1v) is 3.27. The van der Waals surface area contributed by atoms with E-state index in [0.717, 1.165) is 0 Å². The first-order valence-electron chi connectivity index (χ1n) is 3.27. The number of nitrogens with one attached hydrogen (secondary N) is 1. The van der Waals surface area contributed by atoms with Crippen LogP contribution in [0.1, 0.15) is 0 Å². The number of hydrogen-bond acceptors (Lipinski definition) is 6. The first-order chi connectivity index (χ1) is 6.29. The van der Waals surface area contributed by atoms with Crippen LogP contribution in [0.2, 0.25) is 0 Å². The smallest absolute Gasteiger partial charge is 0.250 e. The standard InChI is InChI=1S/C4H3NO2.C2H2N4/c6-3-1-2-4(7)5-3;1-2-4-6-5-3-1/h1-2H,(H,5,6,7);1-2H. The molecular weight excluding hydrogens is 174 g/mol. The highest BCUT2D eigenvalue weighted by Crippen LogP contribution is 1.82. The normalized spacial score (nSPS) is 13.2. The molecular formula is C6H5N5O2. The van der Waals surface area contributed by atoms with E-state index < -0.39 is 0 Å². The maximum absolute atomic E-state index is 10.0. The first kappa shape index (κ1) is 8.91. The fourth-order valence-electron chi connectivity index (χ4n) is 0.522. The van der Waals surface area contributed by atoms with Crippen molar-refractivity contribution in [3.63, 3.8) is 0 Å². The Kier molecular flexibility index (Phi) is 3.19. The number of aromatic nitrogens is 4. The molecule has 2 heterocycles. The minimum Gasteiger partial charge on any atom is -0.289 e. The van der Waals surface area contributed by atoms with E-state index in [9.17, 15) is 9.59 Å². The summed E-state index contributed by atoms with van der Waals surface area (Å²) in [6, 6.07) is 0. The largest absolute Gasteiger partial charge is 0.289 e. The van der Waals surface area contributed by atoms with Crippen LogP contribution in [0.5, 0.6) is 0 Å². The molecule has 1 aliphatic heterocycles. The highest BCUT2D eigenvalue weighted by molar-refractivity contribution is 6.12. The summed E-state index contributed by atoms with van der Waals surface area (Å²) in [5, 5.41) is 15.1. The molecule has 1 N–H and O–H groups in total. The zero-order valence-electron chi connectivity index (χ0n) is 6.41. The molecule has 0 unspecified atom stereocenters. The number of rotatable bonds is 0. The number of nitrogens with zero attached hydrogens (tertiary/aromatic N) is 4. The van der Waals surface area contributed by atoms with Crippen molar-refractivity contribution in [2.45, 2.75) is 0 Å². The summed E-state index contributed by atoms with van der Waals surface area (Å²) < 4.78 is 0. The Hall–Kier alpha value is -2.18. The predicted molar refractivity (Wildman–Crippen MR) is 39.9 cm³/mol. The average Bonchev–Trinajstić information content (AvgIpc) is 2.54. The third kappa shape index (κ3) is 3.65. The lowest BCUT2D eigenvalue weighted by atomic mass is 10.6. The van der Waals surface area contributed by atoms with E-state index in [0.29, 0.717) is 0 Å². The molecule has 0 saturated carbocycles. The Labute approximate surface area is 72.9 Å². The lowest BCUT2D eigenvalue weighted by molar-refractivity contribution is -0.123. The van der Waals surface area contributed by atoms with Gasteiger partial charge in [-0.15, -0.1) is 10.2 Å². The van der Waals surface area contributed by atoms with Crippen LogP contribution in [0.15, 0.2) is 24.5 Å². The van der Waals surface area contributed by atoms with E-state index in [1.54, 1.807) is 0 Å². The lowest BCUT2D eigenvalue weighted by Gasteiger charge is -1.80. The number of carbonyl (C=O) groups is 2. The van der Waals surface area contributed by atoms with Gasteiger partial charge in [0.25, 0.3) is 11.8 Å². The van der Waals surface area contributed by atoms with E-state index in [4.69, 9.17) is 0 Å². The van der Waals surface area contributed by atoms with Crippen LogP contribution in [0, 0.1) is 0 Å². The zero-order chi connectivity index (χ0) is 9.52. The number of carbonyl (C=O) groups excluding carboxylic acids is 2. The van der Waals surface area contributed by atoms with Gasteiger partial charge in [0.05, 0.1) is 12.4 Å². The highest BCUT2D eigenvalue weighted by atomic mass is 16.2. The maximum Gasteiger partial charge on any atom is 0.250 e. The Morgan fingerprint density at radius 1 is 0.923 bits per heavy atom. The van der Waals surface area contributed by atoms with Gasteiger partial charge in [0.2, 0.25) is 0 Å². The summed E-state index contributed by atoms with van der Waals surface area (Å²) in [6.45, 7) is 0. The predicted octanol–water partition coefficient (Wildman–Crippen LogP) is -1.53. The summed E-state index contributed by atoms with van der Waals surface area (Å²) in [4.78, 5) is 20.1. The molecule has 13 heavy (non-hydrogen) atoms. The minimum absolute atomic E-state index is 0.329. The highest BCUT2D eigenvalue weighted by Gasteiger charge is 2.06. The van der Waals surface area contributed by atoms with Gasteiger partial charge in [-0.25, -0.2) is 0 Å². The molecule has 0 fully saturated rings. The molecule has 1 aromatic heterocycles. The van der Waals surface area contributed by atoms with Crippen molar-refractivity contribution < 1.29 is 9.59 Å². The Morgan fingerprint density at radius 2 is 1.38 bits per heavy atom. The van der Waals surface area contributed by atoms with Gasteiger partial charge in [-0.1, -0.05) is 0 Å². The summed E-state index contributed by atoms with van der Waals surface area (Å²) in [5.74, 6) is -0.657. The Balaban J connectivity index is 0.000000132. The van der Waals surface area contributed by atoms with Gasteiger partial charge in [0, 0.05) is 12.2 Å². The fourth-order valence-corrected chi connectivity index (χ4v) is 0.522. The average molecular weight is 179 g/mol. The zero-order valence-corrected chi connectivity index (χ0v) is 6.41. The number of hydrogen-bond donors (Lipinski definition) is 1. The molecule has 7 heteroatoms. The van der Waals surface area contributed by atoms with Gasteiger partial charge in [0.15, 0.2) is 0 Å². The molecule has 0 aromatic carbocycles. The van der Waals surface area contributed by atoms with Crippen molar-refractivity contribution >= 4 is 11.8 Å². The van der Waals surface area contributed by atoms with Crippen molar-refractivity contribution in [2.75, 3.05) is 0 Å². The maximum atomic E-state index is 10.0. The van der Waals surface area contributed by atoms with Crippen LogP contribution >= 0.6 is 0 Å². The summed E-state index contributed by atoms with van der Waals surface area (Å²) in [6.07, 6.45) is 5.32. The van der Waals surface area contributed by atoms with Crippen molar-refractivity contribution in [1.29, 1.82) is 0 Å². The van der Waals surface area contributed by atoms with E-state index >= 15 is 0 Å². The van der Waals surface area contributed by atoms with Gasteiger partial charge >= 0.3 is 0 Å². The van der Waals surface area contributed by atoms with Crippen molar-refractivity contribution in [3.8, 4) is 0 Å². The molecule has 0 saturated heterocycles. The number of imide groups is 1. The third-order valence-corrected chi connectivity index (χ3v) is 0.976. The molecule has 66 valence electrons. The van der Waals surface area contributed by atoms with Crippen molar-refractivity contribution in [1.82, 2.24) is 25.9 Å². The molecule has 0 spiro atoms. The van der Waals surface area contributed by atoms with Crippen LogP contribution in [0.3, 0.4) is 0 Å². The molecule has 7 nitrogen and oxygen atoms in total. The Bertz CT molecular complexity index is 280. The molecule has 0 atom stereocenters. The molecule has 2 amide bonds. The van der Waals surface area contributed by atoms with Crippen LogP contribution in [0.25, 0.3) is 0 Å². The second-order valence-corrected chi connectivity index (χ2v) is 1.89. The van der Waals surface area contributed by atoms with Gasteiger partial charge in [-0.3, -0.25) is 14.9 Å². The lowest BCUT2D eigenvalue weighted by Crippen LogP contribution is -2.19. The third-order valence-electron chi connectivity index (χ3n) is 0.976. The number of amides is 2. The summed E-state index contributed by atoms with van der Waals surface area (Å²) in [5.41, 5.74) is 0. The Morgan fingerprint density at radius 3 is 1.54 bits per heavy atom. The van der Waals surface area contributed by atoms with Gasteiger partial charge in [-0.05, 0) is 10.4 Å². The monoisotopic (exact) mass is 179 g/mol. The second-order valence-electron chi connectivity index (χ2n) is 1.89. The molecule has 1 aromatic rings. The summed E-state index contributed by atoms with van der Waals surface area (Å²) >= 11 is 0. The summed E-state index contributed by atoms with van der Waals surface area (Å²) in [7, 11) is 0. The second kappa shape index (κ2) is 4.65. The van der Waals surface area contributed by atoms with Crippen molar-refractivity contribution in [2.24, 2.45) is 0 Å². The molecule has 1 aliphatic rings. The molecule has 0 bridgehead atoms. The fraction of sp³-hybridized carbons (Fsp3) is 0. The van der Waals surface area contributed by atoms with Crippen LogP contribution < -0.4 is 5.32 Å². The molecule has 0 radical (unpaired) electrons. The quantitative estimate of drug-likeness (QED) is 0.485. The van der Waals surface area contributed by atoms with Gasteiger partial charge < -0.3 is 0 Å². The van der Waals surface area contributed by atoms with E-state index in [2.05, 4.69) is 20.6 Å². The topological polar surface area (TPSA) is 97.7 Å². The SMILES string of the molecule is O=C1C=CC(=O)N1.c1cnnnn1. The van der Waals surface area contributed by atoms with Crippen molar-refractivity contribution in [3.05, 3.63) is 24.5 Å². The van der Waals surface area contributed by atoms with E-state index in [-0.39, 0.29) is 11.8 Å². The van der Waals surface area contributed by atoms with Gasteiger partial charge in [-0.2, -0.15) is 0 Å². The van der Waals surface area contributed by atoms with Gasteiger partial charge in [0.1, 0.15) is 0 Å². The van der Waals surface area contributed by atoms with Crippen LogP contribution in [0.4, 0.5) is 0 Å². The van der Waals surface area contributed by atoms with Crippen LogP contribution in [-0.2, 0) is 9.59 Å². The molecule has 0 aliphatic carbocycles. The molecule has 2 rings (SSSR count). The van der Waals surface area contributed by atoms with E-state index in [1.807, 2.05) is 5.32 Å². The minimum atomic E-state index is -0.329. The van der Waals surface area contributed by atoms with Crippen LogP contribution in [-0.4, -0.2) is 32.4 Å². The van der Waals surface area contributed by atoms with E-state index in [1.165, 1.54) is 24.5 Å².